The minimum atomic E-state index is -0.517. The van der Waals surface area contributed by atoms with Crippen molar-refractivity contribution in [3.8, 4) is 0 Å². The average molecular weight is 463 g/mol. The molecule has 1 aliphatic rings. The van der Waals surface area contributed by atoms with Crippen LogP contribution in [-0.2, 0) is 22.4 Å². The second-order valence-corrected chi connectivity index (χ2v) is 8.94. The first-order valence-electron chi connectivity index (χ1n) is 11.1. The summed E-state index contributed by atoms with van der Waals surface area (Å²) in [6.45, 7) is 2.04. The molecule has 1 heterocycles. The zero-order chi connectivity index (χ0) is 23.2. The van der Waals surface area contributed by atoms with Gasteiger partial charge in [0.2, 0.25) is 5.91 Å². The van der Waals surface area contributed by atoms with E-state index in [9.17, 15) is 14.4 Å². The summed E-state index contributed by atoms with van der Waals surface area (Å²) in [6.07, 6.45) is 2.76. The lowest BCUT2D eigenvalue weighted by molar-refractivity contribution is -0.116. The lowest BCUT2D eigenvalue weighted by Gasteiger charge is -2.19. The standard InChI is InChI=1S/C26H26N2O4S/c1-2-32-26(31)23-19-14-9-15-21(19)33-25(23)28-22(29)16-20(17-10-5-3-6-11-17)27-24(30)18-12-7-4-8-13-18/h3-8,10-13,20H,2,9,14-16H2,1H3,(H,27,30)(H,28,29)/t20-/m1/s1. The highest BCUT2D eigenvalue weighted by molar-refractivity contribution is 7.17. The lowest BCUT2D eigenvalue weighted by atomic mass is 10.0. The summed E-state index contributed by atoms with van der Waals surface area (Å²) in [5.41, 5.74) is 2.83. The molecule has 0 radical (unpaired) electrons. The third-order valence-electron chi connectivity index (χ3n) is 5.59. The Morgan fingerprint density at radius 3 is 2.39 bits per heavy atom. The molecule has 2 aromatic carbocycles. The third-order valence-corrected chi connectivity index (χ3v) is 6.79. The number of thiophene rings is 1. The van der Waals surface area contributed by atoms with E-state index in [1.54, 1.807) is 31.2 Å². The van der Waals surface area contributed by atoms with Gasteiger partial charge in [-0.2, -0.15) is 0 Å². The van der Waals surface area contributed by atoms with Crippen LogP contribution in [0.1, 0.15) is 62.5 Å². The molecule has 0 spiro atoms. The Morgan fingerprint density at radius 2 is 1.70 bits per heavy atom. The van der Waals surface area contributed by atoms with Crippen LogP contribution in [0.5, 0.6) is 0 Å². The molecular formula is C26H26N2O4S. The molecule has 7 heteroatoms. The number of carbonyl (C=O) groups excluding carboxylic acids is 3. The number of amides is 2. The van der Waals surface area contributed by atoms with Crippen LogP contribution in [0.3, 0.4) is 0 Å². The van der Waals surface area contributed by atoms with Crippen molar-refractivity contribution < 1.29 is 19.1 Å². The zero-order valence-corrected chi connectivity index (χ0v) is 19.2. The minimum absolute atomic E-state index is 0.0351. The van der Waals surface area contributed by atoms with Crippen molar-refractivity contribution in [1.29, 1.82) is 0 Å². The maximum Gasteiger partial charge on any atom is 0.341 e. The molecule has 0 aliphatic heterocycles. The predicted molar refractivity (Wildman–Crippen MR) is 129 cm³/mol. The van der Waals surface area contributed by atoms with Crippen molar-refractivity contribution in [2.45, 2.75) is 38.6 Å². The lowest BCUT2D eigenvalue weighted by Crippen LogP contribution is -2.31. The molecule has 33 heavy (non-hydrogen) atoms. The van der Waals surface area contributed by atoms with Gasteiger partial charge in [0.15, 0.2) is 0 Å². The molecule has 4 rings (SSSR count). The number of esters is 1. The first kappa shape index (κ1) is 22.7. The van der Waals surface area contributed by atoms with Gasteiger partial charge in [0.1, 0.15) is 5.00 Å². The second-order valence-electron chi connectivity index (χ2n) is 7.84. The fraction of sp³-hybridized carbons (Fsp3) is 0.269. The molecule has 2 amide bonds. The van der Waals surface area contributed by atoms with Gasteiger partial charge in [-0.05, 0) is 49.4 Å². The number of nitrogens with one attached hydrogen (secondary N) is 2. The zero-order valence-electron chi connectivity index (χ0n) is 18.4. The summed E-state index contributed by atoms with van der Waals surface area (Å²) in [7, 11) is 0. The van der Waals surface area contributed by atoms with Crippen molar-refractivity contribution in [2.24, 2.45) is 0 Å². The van der Waals surface area contributed by atoms with Crippen LogP contribution in [0.2, 0.25) is 0 Å². The van der Waals surface area contributed by atoms with Crippen LogP contribution in [0, 0.1) is 0 Å². The largest absolute Gasteiger partial charge is 0.462 e. The number of benzene rings is 2. The molecule has 2 N–H and O–H groups in total. The average Bonchev–Trinajstić information content (AvgIpc) is 3.40. The van der Waals surface area contributed by atoms with Crippen molar-refractivity contribution in [1.82, 2.24) is 5.32 Å². The number of hydrogen-bond acceptors (Lipinski definition) is 5. The summed E-state index contributed by atoms with van der Waals surface area (Å²) in [6, 6.07) is 17.8. The van der Waals surface area contributed by atoms with Gasteiger partial charge in [-0.25, -0.2) is 4.79 Å². The predicted octanol–water partition coefficient (Wildman–Crippen LogP) is 4.91. The topological polar surface area (TPSA) is 84.5 Å². The Labute approximate surface area is 197 Å². The molecule has 0 unspecified atom stereocenters. The number of rotatable bonds is 8. The summed E-state index contributed by atoms with van der Waals surface area (Å²) >= 11 is 1.44. The molecule has 0 bridgehead atoms. The molecule has 0 saturated carbocycles. The van der Waals surface area contributed by atoms with Gasteiger partial charge < -0.3 is 15.4 Å². The number of fused-ring (bicyclic) bond motifs is 1. The van der Waals surface area contributed by atoms with Crippen molar-refractivity contribution in [3.05, 3.63) is 87.8 Å². The van der Waals surface area contributed by atoms with E-state index in [1.807, 2.05) is 36.4 Å². The quantitative estimate of drug-likeness (QED) is 0.466. The van der Waals surface area contributed by atoms with E-state index in [2.05, 4.69) is 10.6 Å². The van der Waals surface area contributed by atoms with Gasteiger partial charge in [0, 0.05) is 10.4 Å². The summed E-state index contributed by atoms with van der Waals surface area (Å²) in [5, 5.41) is 6.43. The Balaban J connectivity index is 1.53. The number of anilines is 1. The molecule has 6 nitrogen and oxygen atoms in total. The summed E-state index contributed by atoms with van der Waals surface area (Å²) in [4.78, 5) is 39.6. The van der Waals surface area contributed by atoms with E-state index in [1.165, 1.54) is 11.3 Å². The first-order valence-corrected chi connectivity index (χ1v) is 11.9. The van der Waals surface area contributed by atoms with Crippen molar-refractivity contribution in [3.63, 3.8) is 0 Å². The van der Waals surface area contributed by atoms with Crippen LogP contribution in [0.25, 0.3) is 0 Å². The van der Waals surface area contributed by atoms with E-state index in [-0.39, 0.29) is 24.8 Å². The molecule has 1 atom stereocenters. The Kier molecular flexibility index (Phi) is 7.19. The Hall–Kier alpha value is -3.45. The molecule has 0 fully saturated rings. The van der Waals surface area contributed by atoms with Crippen LogP contribution in [-0.4, -0.2) is 24.4 Å². The molecule has 0 saturated heterocycles. The van der Waals surface area contributed by atoms with Gasteiger partial charge in [0.25, 0.3) is 5.91 Å². The number of ether oxygens (including phenoxy) is 1. The van der Waals surface area contributed by atoms with Crippen molar-refractivity contribution in [2.75, 3.05) is 11.9 Å². The highest BCUT2D eigenvalue weighted by Gasteiger charge is 2.29. The SMILES string of the molecule is CCOC(=O)c1c(NC(=O)C[C@@H](NC(=O)c2ccccc2)c2ccccc2)sc2c1CCC2. The van der Waals surface area contributed by atoms with E-state index in [4.69, 9.17) is 4.74 Å². The number of carbonyl (C=O) groups is 3. The number of aryl methyl sites for hydroxylation is 1. The van der Waals surface area contributed by atoms with Crippen LogP contribution < -0.4 is 10.6 Å². The van der Waals surface area contributed by atoms with Crippen LogP contribution in [0.15, 0.2) is 60.7 Å². The van der Waals surface area contributed by atoms with Gasteiger partial charge in [-0.15, -0.1) is 11.3 Å². The Bertz CT molecular complexity index is 1140. The molecular weight excluding hydrogens is 436 g/mol. The third kappa shape index (κ3) is 5.31. The Morgan fingerprint density at radius 1 is 1.00 bits per heavy atom. The minimum Gasteiger partial charge on any atom is -0.462 e. The first-order chi connectivity index (χ1) is 16.1. The summed E-state index contributed by atoms with van der Waals surface area (Å²) in [5.74, 6) is -0.925. The normalized spacial score (nSPS) is 13.1. The summed E-state index contributed by atoms with van der Waals surface area (Å²) < 4.78 is 5.25. The van der Waals surface area contributed by atoms with E-state index >= 15 is 0 Å². The van der Waals surface area contributed by atoms with Gasteiger partial charge in [0.05, 0.1) is 24.6 Å². The highest BCUT2D eigenvalue weighted by atomic mass is 32.1. The monoisotopic (exact) mass is 462 g/mol. The van der Waals surface area contributed by atoms with Gasteiger partial charge in [-0.3, -0.25) is 9.59 Å². The molecule has 3 aromatic rings. The number of hydrogen-bond donors (Lipinski definition) is 2. The second kappa shape index (κ2) is 10.4. The molecule has 1 aliphatic carbocycles. The fourth-order valence-electron chi connectivity index (χ4n) is 4.04. The smallest absolute Gasteiger partial charge is 0.341 e. The van der Waals surface area contributed by atoms with Crippen LogP contribution in [0.4, 0.5) is 5.00 Å². The highest BCUT2D eigenvalue weighted by Crippen LogP contribution is 2.39. The van der Waals surface area contributed by atoms with Crippen molar-refractivity contribution >= 4 is 34.1 Å². The maximum absolute atomic E-state index is 13.1. The fourth-order valence-corrected chi connectivity index (χ4v) is 5.34. The molecule has 1 aromatic heterocycles. The van der Waals surface area contributed by atoms with E-state index in [0.717, 1.165) is 35.3 Å². The van der Waals surface area contributed by atoms with Gasteiger partial charge in [-0.1, -0.05) is 48.5 Å². The van der Waals surface area contributed by atoms with Gasteiger partial charge >= 0.3 is 5.97 Å². The van der Waals surface area contributed by atoms with Crippen LogP contribution >= 0.6 is 11.3 Å². The maximum atomic E-state index is 13.1. The van der Waals surface area contributed by atoms with E-state index < -0.39 is 12.0 Å². The van der Waals surface area contributed by atoms with E-state index in [0.29, 0.717) is 16.1 Å². The molecule has 170 valence electrons.